The van der Waals surface area contributed by atoms with Gasteiger partial charge in [0.2, 0.25) is 0 Å². The van der Waals surface area contributed by atoms with E-state index in [1.807, 2.05) is 17.0 Å². The van der Waals surface area contributed by atoms with Gasteiger partial charge in [0.1, 0.15) is 5.75 Å². The molecule has 1 aromatic carbocycles. The Morgan fingerprint density at radius 2 is 2.05 bits per heavy atom. The third kappa shape index (κ3) is 4.13. The third-order valence-electron chi connectivity index (χ3n) is 3.49. The first kappa shape index (κ1) is 14.7. The summed E-state index contributed by atoms with van der Waals surface area (Å²) in [5, 5.41) is 0. The van der Waals surface area contributed by atoms with Crippen molar-refractivity contribution in [3.63, 3.8) is 0 Å². The topological polar surface area (TPSA) is 58.8 Å². The molecular formula is C15H23N3O2. The summed E-state index contributed by atoms with van der Waals surface area (Å²) < 4.78 is 5.49. The summed E-state index contributed by atoms with van der Waals surface area (Å²) in [5.74, 6) is 0.687. The molecule has 1 aliphatic heterocycles. The molecular weight excluding hydrogens is 254 g/mol. The molecule has 0 saturated carbocycles. The second kappa shape index (κ2) is 7.14. The van der Waals surface area contributed by atoms with Gasteiger partial charge in [0.15, 0.2) is 6.61 Å². The van der Waals surface area contributed by atoms with Gasteiger partial charge in [-0.05, 0) is 25.1 Å². The lowest BCUT2D eigenvalue weighted by molar-refractivity contribution is -0.135. The Bertz CT molecular complexity index is 442. The highest BCUT2D eigenvalue weighted by Crippen LogP contribution is 2.14. The van der Waals surface area contributed by atoms with Gasteiger partial charge in [-0.1, -0.05) is 13.0 Å². The van der Waals surface area contributed by atoms with Gasteiger partial charge >= 0.3 is 0 Å². The summed E-state index contributed by atoms with van der Waals surface area (Å²) in [5.41, 5.74) is 6.31. The number of rotatable bonds is 5. The number of nitrogens with zero attached hydrogens (tertiary/aromatic N) is 2. The summed E-state index contributed by atoms with van der Waals surface area (Å²) in [6, 6.07) is 7.15. The number of piperazine rings is 1. The Labute approximate surface area is 120 Å². The summed E-state index contributed by atoms with van der Waals surface area (Å²) in [7, 11) is 0. The normalized spacial score (nSPS) is 16.1. The Morgan fingerprint density at radius 1 is 1.30 bits per heavy atom. The minimum atomic E-state index is 0.0450. The third-order valence-corrected chi connectivity index (χ3v) is 3.49. The lowest BCUT2D eigenvalue weighted by Gasteiger charge is -2.34. The van der Waals surface area contributed by atoms with Crippen molar-refractivity contribution in [3.05, 3.63) is 24.3 Å². The zero-order valence-corrected chi connectivity index (χ0v) is 12.0. The maximum atomic E-state index is 12.1. The van der Waals surface area contributed by atoms with Crippen LogP contribution in [0.4, 0.5) is 5.69 Å². The second-order valence-electron chi connectivity index (χ2n) is 5.08. The molecule has 110 valence electrons. The highest BCUT2D eigenvalue weighted by atomic mass is 16.5. The van der Waals surface area contributed by atoms with Crippen LogP contribution < -0.4 is 10.5 Å². The molecule has 5 nitrogen and oxygen atoms in total. The van der Waals surface area contributed by atoms with Gasteiger partial charge in [0.05, 0.1) is 0 Å². The summed E-state index contributed by atoms with van der Waals surface area (Å²) in [6.45, 7) is 6.87. The van der Waals surface area contributed by atoms with Crippen molar-refractivity contribution in [2.75, 3.05) is 45.1 Å². The molecule has 0 unspecified atom stereocenters. The van der Waals surface area contributed by atoms with Gasteiger partial charge in [-0.2, -0.15) is 0 Å². The molecule has 2 rings (SSSR count). The molecule has 0 aliphatic carbocycles. The Kier molecular flexibility index (Phi) is 5.24. The van der Waals surface area contributed by atoms with Gasteiger partial charge in [0, 0.05) is 37.9 Å². The molecule has 1 heterocycles. The summed E-state index contributed by atoms with van der Waals surface area (Å²) >= 11 is 0. The molecule has 20 heavy (non-hydrogen) atoms. The van der Waals surface area contributed by atoms with Crippen LogP contribution in [-0.2, 0) is 4.79 Å². The van der Waals surface area contributed by atoms with Crippen molar-refractivity contribution >= 4 is 11.6 Å². The van der Waals surface area contributed by atoms with E-state index in [2.05, 4.69) is 11.8 Å². The Morgan fingerprint density at radius 3 is 2.70 bits per heavy atom. The van der Waals surface area contributed by atoms with Crippen LogP contribution in [0.3, 0.4) is 0 Å². The molecule has 0 radical (unpaired) electrons. The Balaban J connectivity index is 1.76. The number of ether oxygens (including phenoxy) is 1. The van der Waals surface area contributed by atoms with Crippen LogP contribution in [0, 0.1) is 0 Å². The van der Waals surface area contributed by atoms with Gasteiger partial charge < -0.3 is 15.4 Å². The van der Waals surface area contributed by atoms with Gasteiger partial charge in [-0.15, -0.1) is 0 Å². The first-order chi connectivity index (χ1) is 9.69. The van der Waals surface area contributed by atoms with Crippen LogP contribution in [0.25, 0.3) is 0 Å². The second-order valence-corrected chi connectivity index (χ2v) is 5.08. The number of carbonyl (C=O) groups excluding carboxylic acids is 1. The highest BCUT2D eigenvalue weighted by molar-refractivity contribution is 5.77. The van der Waals surface area contributed by atoms with Gasteiger partial charge in [-0.3, -0.25) is 9.69 Å². The number of hydrogen-bond acceptors (Lipinski definition) is 4. The summed E-state index contributed by atoms with van der Waals surface area (Å²) in [4.78, 5) is 16.3. The molecule has 1 fully saturated rings. The quantitative estimate of drug-likeness (QED) is 0.822. The van der Waals surface area contributed by atoms with Crippen molar-refractivity contribution in [2.45, 2.75) is 13.3 Å². The van der Waals surface area contributed by atoms with Crippen molar-refractivity contribution in [3.8, 4) is 5.75 Å². The molecule has 5 heteroatoms. The average Bonchev–Trinajstić information content (AvgIpc) is 2.46. The maximum Gasteiger partial charge on any atom is 0.260 e. The van der Waals surface area contributed by atoms with E-state index in [4.69, 9.17) is 10.5 Å². The lowest BCUT2D eigenvalue weighted by atomic mass is 10.3. The SMILES string of the molecule is CCCN1CCN(C(=O)COc2cccc(N)c2)CC1. The predicted octanol–water partition coefficient (Wildman–Crippen LogP) is 1.20. The van der Waals surface area contributed by atoms with Crippen LogP contribution >= 0.6 is 0 Å². The van der Waals surface area contributed by atoms with Crippen molar-refractivity contribution in [1.29, 1.82) is 0 Å². The summed E-state index contributed by atoms with van der Waals surface area (Å²) in [6.07, 6.45) is 1.16. The average molecular weight is 277 g/mol. The maximum absolute atomic E-state index is 12.1. The standard InChI is InChI=1S/C15H23N3O2/c1-2-6-17-7-9-18(10-8-17)15(19)12-20-14-5-3-4-13(16)11-14/h3-5,11H,2,6-10,12,16H2,1H3. The number of nitrogens with two attached hydrogens (primary N) is 1. The van der Waals surface area contributed by atoms with E-state index in [1.165, 1.54) is 0 Å². The first-order valence-corrected chi connectivity index (χ1v) is 7.17. The van der Waals surface area contributed by atoms with Crippen LogP contribution in [0.5, 0.6) is 5.75 Å². The van der Waals surface area contributed by atoms with E-state index in [9.17, 15) is 4.79 Å². The molecule has 0 bridgehead atoms. The molecule has 0 atom stereocenters. The van der Waals surface area contributed by atoms with E-state index in [1.54, 1.807) is 12.1 Å². The van der Waals surface area contributed by atoms with Gasteiger partial charge in [0.25, 0.3) is 5.91 Å². The number of amides is 1. The lowest BCUT2D eigenvalue weighted by Crippen LogP contribution is -2.50. The van der Waals surface area contributed by atoms with E-state index in [0.717, 1.165) is 39.1 Å². The van der Waals surface area contributed by atoms with Crippen LogP contribution in [-0.4, -0.2) is 55.0 Å². The molecule has 1 aromatic rings. The first-order valence-electron chi connectivity index (χ1n) is 7.17. The largest absolute Gasteiger partial charge is 0.484 e. The zero-order chi connectivity index (χ0) is 14.4. The van der Waals surface area contributed by atoms with E-state index in [0.29, 0.717) is 11.4 Å². The molecule has 1 amide bonds. The molecule has 2 N–H and O–H groups in total. The minimum Gasteiger partial charge on any atom is -0.484 e. The van der Waals surface area contributed by atoms with E-state index >= 15 is 0 Å². The van der Waals surface area contributed by atoms with Crippen LogP contribution in [0.15, 0.2) is 24.3 Å². The fourth-order valence-electron chi connectivity index (χ4n) is 2.38. The van der Waals surface area contributed by atoms with Crippen LogP contribution in [0.1, 0.15) is 13.3 Å². The smallest absolute Gasteiger partial charge is 0.260 e. The fourth-order valence-corrected chi connectivity index (χ4v) is 2.38. The van der Waals surface area contributed by atoms with Crippen molar-refractivity contribution < 1.29 is 9.53 Å². The van der Waals surface area contributed by atoms with Crippen molar-refractivity contribution in [1.82, 2.24) is 9.80 Å². The highest BCUT2D eigenvalue weighted by Gasteiger charge is 2.20. The molecule has 1 aliphatic rings. The number of nitrogen functional groups attached to an aromatic ring is 1. The Hall–Kier alpha value is -1.75. The number of hydrogen-bond donors (Lipinski definition) is 1. The van der Waals surface area contributed by atoms with E-state index < -0.39 is 0 Å². The van der Waals surface area contributed by atoms with Crippen LogP contribution in [0.2, 0.25) is 0 Å². The molecule has 0 spiro atoms. The zero-order valence-electron chi connectivity index (χ0n) is 12.0. The number of carbonyl (C=O) groups is 1. The number of anilines is 1. The molecule has 0 aromatic heterocycles. The number of benzene rings is 1. The van der Waals surface area contributed by atoms with Crippen molar-refractivity contribution in [2.24, 2.45) is 0 Å². The fraction of sp³-hybridized carbons (Fsp3) is 0.533. The van der Waals surface area contributed by atoms with E-state index in [-0.39, 0.29) is 12.5 Å². The molecule has 1 saturated heterocycles. The van der Waals surface area contributed by atoms with Gasteiger partial charge in [-0.25, -0.2) is 0 Å². The predicted molar refractivity (Wildman–Crippen MR) is 79.7 cm³/mol. The minimum absolute atomic E-state index is 0.0450. The monoisotopic (exact) mass is 277 g/mol.